The summed E-state index contributed by atoms with van der Waals surface area (Å²) in [5, 5.41) is 9.78. The molecule has 29 heavy (non-hydrogen) atoms. The predicted octanol–water partition coefficient (Wildman–Crippen LogP) is 4.82. The van der Waals surface area contributed by atoms with Crippen molar-refractivity contribution in [2.45, 2.75) is 37.3 Å². The minimum Gasteiger partial charge on any atom is -0.343 e. The Morgan fingerprint density at radius 1 is 0.897 bits per heavy atom. The highest BCUT2D eigenvalue weighted by molar-refractivity contribution is 7.99. The zero-order chi connectivity index (χ0) is 19.9. The summed E-state index contributed by atoms with van der Waals surface area (Å²) < 4.78 is 2.10. The summed E-state index contributed by atoms with van der Waals surface area (Å²) in [6, 6.07) is 20.3. The van der Waals surface area contributed by atoms with E-state index in [0.29, 0.717) is 12.3 Å². The molecule has 1 aromatic heterocycles. The second-order valence-electron chi connectivity index (χ2n) is 7.24. The van der Waals surface area contributed by atoms with Crippen LogP contribution in [0.15, 0.2) is 65.8 Å². The standard InChI is InChI=1S/C23H26N4OS/c28-21(26-16-8-3-9-17-26)15-10-18-29-23-25-24-22(19-11-4-1-5-12-19)27(23)20-13-6-2-7-14-20/h1-2,4-7,11-14H,3,8-10,15-18H2. The summed E-state index contributed by atoms with van der Waals surface area (Å²) in [6.07, 6.45) is 4.99. The third kappa shape index (κ3) is 4.88. The number of benzene rings is 2. The summed E-state index contributed by atoms with van der Waals surface area (Å²) in [4.78, 5) is 14.4. The molecule has 0 aliphatic carbocycles. The van der Waals surface area contributed by atoms with E-state index in [1.807, 2.05) is 41.3 Å². The maximum Gasteiger partial charge on any atom is 0.222 e. The number of piperidine rings is 1. The summed E-state index contributed by atoms with van der Waals surface area (Å²) in [6.45, 7) is 1.85. The summed E-state index contributed by atoms with van der Waals surface area (Å²) in [7, 11) is 0. The van der Waals surface area contributed by atoms with E-state index in [1.54, 1.807) is 11.8 Å². The normalized spacial score (nSPS) is 14.1. The molecule has 1 amide bonds. The third-order valence-corrected chi connectivity index (χ3v) is 6.17. The van der Waals surface area contributed by atoms with Crippen LogP contribution in [-0.2, 0) is 4.79 Å². The smallest absolute Gasteiger partial charge is 0.222 e. The van der Waals surface area contributed by atoms with E-state index in [1.165, 1.54) is 6.42 Å². The van der Waals surface area contributed by atoms with Gasteiger partial charge in [-0.05, 0) is 37.8 Å². The number of nitrogens with zero attached hydrogens (tertiary/aromatic N) is 4. The monoisotopic (exact) mass is 406 g/mol. The molecule has 0 atom stereocenters. The van der Waals surface area contributed by atoms with Gasteiger partial charge in [0.25, 0.3) is 0 Å². The van der Waals surface area contributed by atoms with Gasteiger partial charge in [-0.3, -0.25) is 9.36 Å². The van der Waals surface area contributed by atoms with Crippen molar-refractivity contribution >= 4 is 17.7 Å². The molecule has 0 N–H and O–H groups in total. The first kappa shape index (κ1) is 19.7. The van der Waals surface area contributed by atoms with Crippen LogP contribution in [0.5, 0.6) is 0 Å². The fourth-order valence-corrected chi connectivity index (χ4v) is 4.53. The van der Waals surface area contributed by atoms with Gasteiger partial charge in [0.15, 0.2) is 11.0 Å². The lowest BCUT2D eigenvalue weighted by Crippen LogP contribution is -2.35. The van der Waals surface area contributed by atoms with Gasteiger partial charge in [0.2, 0.25) is 5.91 Å². The first-order chi connectivity index (χ1) is 14.3. The Labute approximate surface area is 176 Å². The van der Waals surface area contributed by atoms with E-state index in [0.717, 1.165) is 60.3 Å². The molecule has 6 heteroatoms. The van der Waals surface area contributed by atoms with Crippen LogP contribution in [0.2, 0.25) is 0 Å². The van der Waals surface area contributed by atoms with Crippen molar-refractivity contribution in [2.75, 3.05) is 18.8 Å². The second kappa shape index (κ2) is 9.74. The Kier molecular flexibility index (Phi) is 6.62. The zero-order valence-electron chi connectivity index (χ0n) is 16.5. The van der Waals surface area contributed by atoms with Crippen molar-refractivity contribution in [3.63, 3.8) is 0 Å². The topological polar surface area (TPSA) is 51.0 Å². The molecular weight excluding hydrogens is 380 g/mol. The zero-order valence-corrected chi connectivity index (χ0v) is 17.4. The quantitative estimate of drug-likeness (QED) is 0.417. The lowest BCUT2D eigenvalue weighted by atomic mass is 10.1. The number of thioether (sulfide) groups is 1. The molecule has 2 heterocycles. The van der Waals surface area contributed by atoms with Crippen molar-refractivity contribution in [2.24, 2.45) is 0 Å². The second-order valence-corrected chi connectivity index (χ2v) is 8.30. The molecular formula is C23H26N4OS. The van der Waals surface area contributed by atoms with E-state index in [4.69, 9.17) is 0 Å². The molecule has 0 radical (unpaired) electrons. The van der Waals surface area contributed by atoms with E-state index in [-0.39, 0.29) is 0 Å². The molecule has 0 saturated carbocycles. The van der Waals surface area contributed by atoms with Gasteiger partial charge >= 0.3 is 0 Å². The van der Waals surface area contributed by atoms with Crippen molar-refractivity contribution in [1.82, 2.24) is 19.7 Å². The number of rotatable bonds is 7. The number of carbonyl (C=O) groups is 1. The van der Waals surface area contributed by atoms with Crippen molar-refractivity contribution in [1.29, 1.82) is 0 Å². The molecule has 0 unspecified atom stereocenters. The molecule has 4 rings (SSSR count). The molecule has 1 aliphatic rings. The van der Waals surface area contributed by atoms with Crippen LogP contribution in [0.4, 0.5) is 0 Å². The highest BCUT2D eigenvalue weighted by atomic mass is 32.2. The van der Waals surface area contributed by atoms with Gasteiger partial charge < -0.3 is 4.90 Å². The van der Waals surface area contributed by atoms with E-state index >= 15 is 0 Å². The van der Waals surface area contributed by atoms with Crippen LogP contribution in [0.3, 0.4) is 0 Å². The maximum atomic E-state index is 12.4. The number of hydrogen-bond acceptors (Lipinski definition) is 4. The van der Waals surface area contributed by atoms with Gasteiger partial charge in [0, 0.05) is 36.5 Å². The molecule has 0 bridgehead atoms. The van der Waals surface area contributed by atoms with Crippen LogP contribution in [0.1, 0.15) is 32.1 Å². The van der Waals surface area contributed by atoms with E-state index in [2.05, 4.69) is 39.0 Å². The first-order valence-electron chi connectivity index (χ1n) is 10.3. The fourth-order valence-electron chi connectivity index (χ4n) is 3.64. The predicted molar refractivity (Wildman–Crippen MR) is 117 cm³/mol. The SMILES string of the molecule is O=C(CCCSc1nnc(-c2ccccc2)n1-c1ccccc1)N1CCCCC1. The van der Waals surface area contributed by atoms with Gasteiger partial charge in [-0.15, -0.1) is 10.2 Å². The maximum absolute atomic E-state index is 12.4. The van der Waals surface area contributed by atoms with Crippen molar-refractivity contribution in [3.8, 4) is 17.1 Å². The van der Waals surface area contributed by atoms with E-state index in [9.17, 15) is 4.79 Å². The van der Waals surface area contributed by atoms with Crippen molar-refractivity contribution < 1.29 is 4.79 Å². The summed E-state index contributed by atoms with van der Waals surface area (Å²) in [5.41, 5.74) is 2.08. The number of para-hydroxylation sites is 1. The number of hydrogen-bond donors (Lipinski definition) is 0. The molecule has 5 nitrogen and oxygen atoms in total. The average Bonchev–Trinajstić information content (AvgIpc) is 3.22. The van der Waals surface area contributed by atoms with Crippen LogP contribution >= 0.6 is 11.8 Å². The fraction of sp³-hybridized carbons (Fsp3) is 0.348. The number of carbonyl (C=O) groups excluding carboxylic acids is 1. The van der Waals surface area contributed by atoms with Gasteiger partial charge in [-0.1, -0.05) is 60.3 Å². The largest absolute Gasteiger partial charge is 0.343 e. The molecule has 1 aliphatic heterocycles. The number of aromatic nitrogens is 3. The van der Waals surface area contributed by atoms with E-state index < -0.39 is 0 Å². The Bertz CT molecular complexity index is 921. The third-order valence-electron chi connectivity index (χ3n) is 5.15. The first-order valence-corrected chi connectivity index (χ1v) is 11.3. The minimum atomic E-state index is 0.291. The summed E-state index contributed by atoms with van der Waals surface area (Å²) >= 11 is 1.66. The van der Waals surface area contributed by atoms with Crippen molar-refractivity contribution in [3.05, 3.63) is 60.7 Å². The lowest BCUT2D eigenvalue weighted by Gasteiger charge is -2.26. The molecule has 150 valence electrons. The van der Waals surface area contributed by atoms with Crippen LogP contribution in [0.25, 0.3) is 17.1 Å². The van der Waals surface area contributed by atoms with Gasteiger partial charge in [0.05, 0.1) is 0 Å². The molecule has 1 fully saturated rings. The highest BCUT2D eigenvalue weighted by Gasteiger charge is 2.18. The molecule has 3 aromatic rings. The van der Waals surface area contributed by atoms with Crippen LogP contribution < -0.4 is 0 Å². The molecule has 2 aromatic carbocycles. The number of likely N-dealkylation sites (tertiary alicyclic amines) is 1. The minimum absolute atomic E-state index is 0.291. The Hall–Kier alpha value is -2.60. The number of amides is 1. The Balaban J connectivity index is 1.45. The van der Waals surface area contributed by atoms with Crippen LogP contribution in [-0.4, -0.2) is 44.4 Å². The lowest BCUT2D eigenvalue weighted by molar-refractivity contribution is -0.132. The van der Waals surface area contributed by atoms with Gasteiger partial charge in [-0.25, -0.2) is 0 Å². The van der Waals surface area contributed by atoms with Crippen LogP contribution in [0, 0.1) is 0 Å². The summed E-state index contributed by atoms with van der Waals surface area (Å²) in [5.74, 6) is 1.97. The highest BCUT2D eigenvalue weighted by Crippen LogP contribution is 2.28. The van der Waals surface area contributed by atoms with Gasteiger partial charge in [-0.2, -0.15) is 0 Å². The molecule has 1 saturated heterocycles. The average molecular weight is 407 g/mol. The Morgan fingerprint density at radius 2 is 1.59 bits per heavy atom. The Morgan fingerprint density at radius 3 is 2.31 bits per heavy atom. The van der Waals surface area contributed by atoms with Gasteiger partial charge in [0.1, 0.15) is 0 Å². The molecule has 0 spiro atoms.